The first-order valence-corrected chi connectivity index (χ1v) is 5.98. The zero-order valence-electron chi connectivity index (χ0n) is 9.95. The van der Waals surface area contributed by atoms with Crippen LogP contribution in [0.15, 0.2) is 30.3 Å². The molecule has 1 aromatic carbocycles. The van der Waals surface area contributed by atoms with Crippen molar-refractivity contribution in [3.8, 4) is 0 Å². The van der Waals surface area contributed by atoms with Crippen LogP contribution in [0.5, 0.6) is 0 Å². The van der Waals surface area contributed by atoms with Crippen LogP contribution in [0.2, 0.25) is 0 Å². The van der Waals surface area contributed by atoms with E-state index in [1.807, 2.05) is 0 Å². The Morgan fingerprint density at radius 3 is 2.20 bits per heavy atom. The van der Waals surface area contributed by atoms with E-state index in [9.17, 15) is 0 Å². The first-order valence-electron chi connectivity index (χ1n) is 5.98. The molecular formula is C14H23N. The van der Waals surface area contributed by atoms with Gasteiger partial charge in [0, 0.05) is 0 Å². The van der Waals surface area contributed by atoms with Crippen molar-refractivity contribution in [1.29, 1.82) is 0 Å². The maximum absolute atomic E-state index is 5.57. The van der Waals surface area contributed by atoms with Gasteiger partial charge in [0.1, 0.15) is 0 Å². The predicted molar refractivity (Wildman–Crippen MR) is 66.8 cm³/mol. The summed E-state index contributed by atoms with van der Waals surface area (Å²) in [5.74, 6) is 1.52. The molecule has 1 rings (SSSR count). The molecule has 2 unspecified atom stereocenters. The van der Waals surface area contributed by atoms with Crippen LogP contribution < -0.4 is 5.73 Å². The second-order valence-electron chi connectivity index (χ2n) is 4.56. The SMILES string of the molecule is CC(CCN)C(C)CCc1ccccc1. The van der Waals surface area contributed by atoms with Gasteiger partial charge in [-0.25, -0.2) is 0 Å². The molecule has 1 heteroatoms. The molecule has 0 saturated heterocycles. The van der Waals surface area contributed by atoms with Gasteiger partial charge in [-0.2, -0.15) is 0 Å². The zero-order chi connectivity index (χ0) is 11.1. The van der Waals surface area contributed by atoms with Crippen LogP contribution in [-0.2, 0) is 6.42 Å². The highest BCUT2D eigenvalue weighted by atomic mass is 14.5. The van der Waals surface area contributed by atoms with Gasteiger partial charge in [-0.3, -0.25) is 0 Å². The molecule has 0 spiro atoms. The van der Waals surface area contributed by atoms with Crippen molar-refractivity contribution in [3.63, 3.8) is 0 Å². The molecule has 0 radical (unpaired) electrons. The van der Waals surface area contributed by atoms with Gasteiger partial charge in [-0.15, -0.1) is 0 Å². The van der Waals surface area contributed by atoms with E-state index >= 15 is 0 Å². The zero-order valence-corrected chi connectivity index (χ0v) is 9.95. The molecule has 2 atom stereocenters. The van der Waals surface area contributed by atoms with E-state index in [0.29, 0.717) is 0 Å². The molecule has 1 nitrogen and oxygen atoms in total. The summed E-state index contributed by atoms with van der Waals surface area (Å²) in [6.45, 7) is 5.46. The van der Waals surface area contributed by atoms with Crippen molar-refractivity contribution in [3.05, 3.63) is 35.9 Å². The topological polar surface area (TPSA) is 26.0 Å². The predicted octanol–water partition coefficient (Wildman–Crippen LogP) is 3.24. The summed E-state index contributed by atoms with van der Waals surface area (Å²) in [7, 11) is 0. The fraction of sp³-hybridized carbons (Fsp3) is 0.571. The summed E-state index contributed by atoms with van der Waals surface area (Å²) >= 11 is 0. The molecular weight excluding hydrogens is 182 g/mol. The largest absolute Gasteiger partial charge is 0.330 e. The van der Waals surface area contributed by atoms with Crippen LogP contribution >= 0.6 is 0 Å². The summed E-state index contributed by atoms with van der Waals surface area (Å²) in [5, 5.41) is 0. The first kappa shape index (κ1) is 12.3. The van der Waals surface area contributed by atoms with Crippen molar-refractivity contribution < 1.29 is 0 Å². The molecule has 15 heavy (non-hydrogen) atoms. The highest BCUT2D eigenvalue weighted by Gasteiger charge is 2.10. The van der Waals surface area contributed by atoms with Crippen LogP contribution in [0.4, 0.5) is 0 Å². The molecule has 0 aliphatic rings. The summed E-state index contributed by atoms with van der Waals surface area (Å²) in [5.41, 5.74) is 7.02. The number of benzene rings is 1. The lowest BCUT2D eigenvalue weighted by Crippen LogP contribution is -2.13. The van der Waals surface area contributed by atoms with Gasteiger partial charge in [0.05, 0.1) is 0 Å². The molecule has 0 bridgehead atoms. The molecule has 1 aromatic rings. The fourth-order valence-corrected chi connectivity index (χ4v) is 1.87. The Balaban J connectivity index is 2.31. The van der Waals surface area contributed by atoms with Gasteiger partial charge >= 0.3 is 0 Å². The lowest BCUT2D eigenvalue weighted by molar-refractivity contribution is 0.348. The molecule has 0 aliphatic heterocycles. The lowest BCUT2D eigenvalue weighted by atomic mass is 9.88. The number of hydrogen-bond donors (Lipinski definition) is 1. The average Bonchev–Trinajstić information content (AvgIpc) is 2.27. The fourth-order valence-electron chi connectivity index (χ4n) is 1.87. The molecule has 0 saturated carbocycles. The minimum atomic E-state index is 0.749. The van der Waals surface area contributed by atoms with E-state index in [4.69, 9.17) is 5.73 Å². The van der Waals surface area contributed by atoms with E-state index in [2.05, 4.69) is 44.2 Å². The molecule has 0 amide bonds. The van der Waals surface area contributed by atoms with Gasteiger partial charge in [-0.05, 0) is 43.2 Å². The van der Waals surface area contributed by atoms with Gasteiger partial charge in [-0.1, -0.05) is 44.2 Å². The van der Waals surface area contributed by atoms with Gasteiger partial charge < -0.3 is 5.73 Å². The molecule has 0 aromatic heterocycles. The van der Waals surface area contributed by atoms with Crippen LogP contribution in [0, 0.1) is 11.8 Å². The van der Waals surface area contributed by atoms with Gasteiger partial charge in [0.15, 0.2) is 0 Å². The minimum absolute atomic E-state index is 0.749. The van der Waals surface area contributed by atoms with Gasteiger partial charge in [0.25, 0.3) is 0 Å². The Kier molecular flexibility index (Phi) is 5.41. The average molecular weight is 205 g/mol. The lowest BCUT2D eigenvalue weighted by Gasteiger charge is -2.18. The Morgan fingerprint density at radius 1 is 1.00 bits per heavy atom. The summed E-state index contributed by atoms with van der Waals surface area (Å²) < 4.78 is 0. The van der Waals surface area contributed by atoms with E-state index in [0.717, 1.165) is 24.8 Å². The maximum atomic E-state index is 5.57. The smallest absolute Gasteiger partial charge is 0.00746 e. The third-order valence-electron chi connectivity index (χ3n) is 3.32. The van der Waals surface area contributed by atoms with E-state index in [1.165, 1.54) is 18.4 Å². The van der Waals surface area contributed by atoms with Crippen molar-refractivity contribution in [2.75, 3.05) is 6.54 Å². The van der Waals surface area contributed by atoms with Crippen molar-refractivity contribution in [2.45, 2.75) is 33.1 Å². The first-order chi connectivity index (χ1) is 7.24. The Bertz CT molecular complexity index is 255. The highest BCUT2D eigenvalue weighted by Crippen LogP contribution is 2.19. The Morgan fingerprint density at radius 2 is 1.60 bits per heavy atom. The Hall–Kier alpha value is -0.820. The van der Waals surface area contributed by atoms with Gasteiger partial charge in [0.2, 0.25) is 0 Å². The molecule has 0 fully saturated rings. The monoisotopic (exact) mass is 205 g/mol. The van der Waals surface area contributed by atoms with Crippen LogP contribution in [0.3, 0.4) is 0 Å². The quantitative estimate of drug-likeness (QED) is 0.758. The summed E-state index contributed by atoms with van der Waals surface area (Å²) in [6.07, 6.45) is 3.61. The van der Waals surface area contributed by atoms with Crippen molar-refractivity contribution >= 4 is 0 Å². The van der Waals surface area contributed by atoms with Crippen LogP contribution in [0.1, 0.15) is 32.3 Å². The van der Waals surface area contributed by atoms with Crippen LogP contribution in [-0.4, -0.2) is 6.54 Å². The second kappa shape index (κ2) is 6.62. The molecule has 84 valence electrons. The number of hydrogen-bond acceptors (Lipinski definition) is 1. The Labute approximate surface area is 93.7 Å². The van der Waals surface area contributed by atoms with E-state index < -0.39 is 0 Å². The third kappa shape index (κ3) is 4.48. The van der Waals surface area contributed by atoms with E-state index in [-0.39, 0.29) is 0 Å². The highest BCUT2D eigenvalue weighted by molar-refractivity contribution is 5.14. The normalized spacial score (nSPS) is 14.9. The standard InChI is InChI=1S/C14H23N/c1-12(13(2)10-11-15)8-9-14-6-4-3-5-7-14/h3-7,12-13H,8-11,15H2,1-2H3. The second-order valence-corrected chi connectivity index (χ2v) is 4.56. The minimum Gasteiger partial charge on any atom is -0.330 e. The summed E-state index contributed by atoms with van der Waals surface area (Å²) in [6, 6.07) is 10.7. The third-order valence-corrected chi connectivity index (χ3v) is 3.32. The molecule has 2 N–H and O–H groups in total. The maximum Gasteiger partial charge on any atom is -0.00746 e. The number of aryl methyl sites for hydroxylation is 1. The number of nitrogens with two attached hydrogens (primary N) is 1. The number of rotatable bonds is 6. The molecule has 0 heterocycles. The van der Waals surface area contributed by atoms with E-state index in [1.54, 1.807) is 0 Å². The summed E-state index contributed by atoms with van der Waals surface area (Å²) in [4.78, 5) is 0. The van der Waals surface area contributed by atoms with Crippen molar-refractivity contribution in [1.82, 2.24) is 0 Å². The molecule has 0 aliphatic carbocycles. The van der Waals surface area contributed by atoms with Crippen molar-refractivity contribution in [2.24, 2.45) is 17.6 Å². The van der Waals surface area contributed by atoms with Crippen LogP contribution in [0.25, 0.3) is 0 Å².